The third kappa shape index (κ3) is 2.48. The zero-order valence-electron chi connectivity index (χ0n) is 13.2. The topological polar surface area (TPSA) is 32.3 Å². The summed E-state index contributed by atoms with van der Waals surface area (Å²) in [4.78, 5) is 15.7. The summed E-state index contributed by atoms with van der Waals surface area (Å²) in [7, 11) is 0. The molecule has 5 heteroatoms. The minimum absolute atomic E-state index is 0.318. The van der Waals surface area contributed by atoms with E-state index in [9.17, 15) is 4.79 Å². The molecule has 23 heavy (non-hydrogen) atoms. The summed E-state index contributed by atoms with van der Waals surface area (Å²) in [6, 6.07) is 6.48. The lowest BCUT2D eigenvalue weighted by molar-refractivity contribution is -0.143. The van der Waals surface area contributed by atoms with Gasteiger partial charge in [0, 0.05) is 18.6 Å². The molecule has 1 aliphatic carbocycles. The van der Waals surface area contributed by atoms with Crippen LogP contribution in [0.15, 0.2) is 18.2 Å². The first kappa shape index (κ1) is 15.7. The largest absolute Gasteiger partial charge is 0.335 e. The van der Waals surface area contributed by atoms with Gasteiger partial charge in [-0.2, -0.15) is 0 Å². The third-order valence-corrected chi connectivity index (χ3v) is 6.72. The Labute approximate surface area is 147 Å². The van der Waals surface area contributed by atoms with E-state index in [4.69, 9.17) is 23.2 Å². The molecule has 3 nitrogen and oxygen atoms in total. The summed E-state index contributed by atoms with van der Waals surface area (Å²) in [5, 5.41) is 4.57. The maximum absolute atomic E-state index is 13.5. The zero-order valence-corrected chi connectivity index (χ0v) is 14.7. The number of fused-ring (bicyclic) bond motifs is 2. The minimum Gasteiger partial charge on any atom is -0.335 e. The molecule has 2 saturated heterocycles. The number of carbonyl (C=O) groups excluding carboxylic acids is 1. The van der Waals surface area contributed by atoms with Crippen LogP contribution in [0.1, 0.15) is 44.1 Å². The molecule has 1 amide bonds. The second kappa shape index (κ2) is 5.94. The molecule has 0 radical (unpaired) electrons. The molecule has 1 aromatic carbocycles. The molecule has 2 atom stereocenters. The van der Waals surface area contributed by atoms with Gasteiger partial charge in [-0.1, -0.05) is 35.7 Å². The SMILES string of the molecule is O=C(N1C2CCNCC1CC2)C1(c2ccc(Cl)c(Cl)c2)CCC1. The lowest BCUT2D eigenvalue weighted by Crippen LogP contribution is -2.55. The van der Waals surface area contributed by atoms with Crippen molar-refractivity contribution in [2.45, 2.75) is 56.0 Å². The number of rotatable bonds is 2. The highest BCUT2D eigenvalue weighted by Crippen LogP contribution is 2.48. The highest BCUT2D eigenvalue weighted by molar-refractivity contribution is 6.42. The Morgan fingerprint density at radius 1 is 1.13 bits per heavy atom. The van der Waals surface area contributed by atoms with Crippen molar-refractivity contribution >= 4 is 29.1 Å². The number of hydrogen-bond acceptors (Lipinski definition) is 2. The van der Waals surface area contributed by atoms with Crippen LogP contribution in [-0.2, 0) is 10.2 Å². The van der Waals surface area contributed by atoms with Crippen LogP contribution < -0.4 is 5.32 Å². The molecular weight excluding hydrogens is 331 g/mol. The summed E-state index contributed by atoms with van der Waals surface area (Å²) >= 11 is 12.3. The summed E-state index contributed by atoms with van der Waals surface area (Å²) in [5.74, 6) is 0.318. The molecule has 3 fully saturated rings. The Bertz CT molecular complexity index is 615. The monoisotopic (exact) mass is 352 g/mol. The van der Waals surface area contributed by atoms with Crippen LogP contribution in [0.3, 0.4) is 0 Å². The highest BCUT2D eigenvalue weighted by Gasteiger charge is 2.51. The summed E-state index contributed by atoms with van der Waals surface area (Å²) in [5.41, 5.74) is 0.666. The molecule has 1 aromatic rings. The molecule has 0 spiro atoms. The summed E-state index contributed by atoms with van der Waals surface area (Å²) in [6.45, 7) is 1.95. The van der Waals surface area contributed by atoms with Crippen molar-refractivity contribution in [1.82, 2.24) is 10.2 Å². The van der Waals surface area contributed by atoms with Gasteiger partial charge in [0.05, 0.1) is 15.5 Å². The number of nitrogens with zero attached hydrogens (tertiary/aromatic N) is 1. The van der Waals surface area contributed by atoms with Crippen molar-refractivity contribution in [3.8, 4) is 0 Å². The molecule has 2 heterocycles. The molecule has 1 saturated carbocycles. The number of halogens is 2. The van der Waals surface area contributed by atoms with E-state index in [0.29, 0.717) is 28.0 Å². The van der Waals surface area contributed by atoms with Gasteiger partial charge in [0.15, 0.2) is 0 Å². The number of amides is 1. The van der Waals surface area contributed by atoms with E-state index in [1.165, 1.54) is 0 Å². The van der Waals surface area contributed by atoms with E-state index in [0.717, 1.165) is 57.2 Å². The van der Waals surface area contributed by atoms with Gasteiger partial charge in [0.25, 0.3) is 0 Å². The van der Waals surface area contributed by atoms with Crippen molar-refractivity contribution in [3.63, 3.8) is 0 Å². The van der Waals surface area contributed by atoms with Crippen LogP contribution in [-0.4, -0.2) is 36.0 Å². The van der Waals surface area contributed by atoms with E-state index in [1.54, 1.807) is 0 Å². The molecule has 2 unspecified atom stereocenters. The number of nitrogens with one attached hydrogen (secondary N) is 1. The Hall–Kier alpha value is -0.770. The standard InChI is InChI=1S/C18H22Cl2N2O/c19-15-5-2-12(10-16(15)20)18(7-1-8-18)17(23)22-13-3-4-14(22)11-21-9-6-13/h2,5,10,13-14,21H,1,3-4,6-9,11H2. The zero-order chi connectivity index (χ0) is 16.0. The first-order valence-corrected chi connectivity index (χ1v) is 9.36. The highest BCUT2D eigenvalue weighted by atomic mass is 35.5. The fourth-order valence-electron chi connectivity index (χ4n) is 4.51. The van der Waals surface area contributed by atoms with E-state index >= 15 is 0 Å². The predicted molar refractivity (Wildman–Crippen MR) is 93.1 cm³/mol. The number of benzene rings is 1. The lowest BCUT2D eigenvalue weighted by atomic mass is 9.63. The predicted octanol–water partition coefficient (Wildman–Crippen LogP) is 3.77. The number of hydrogen-bond donors (Lipinski definition) is 1. The summed E-state index contributed by atoms with van der Waals surface area (Å²) in [6.07, 6.45) is 6.30. The molecule has 124 valence electrons. The van der Waals surface area contributed by atoms with Crippen LogP contribution >= 0.6 is 23.2 Å². The molecule has 1 N–H and O–H groups in total. The van der Waals surface area contributed by atoms with Crippen molar-refractivity contribution in [2.24, 2.45) is 0 Å². The van der Waals surface area contributed by atoms with Crippen molar-refractivity contribution < 1.29 is 4.79 Å². The molecular formula is C18H22Cl2N2O. The summed E-state index contributed by atoms with van der Waals surface area (Å²) < 4.78 is 0. The first-order chi connectivity index (χ1) is 11.1. The molecule has 3 aliphatic rings. The minimum atomic E-state index is -0.376. The van der Waals surface area contributed by atoms with E-state index in [1.807, 2.05) is 18.2 Å². The smallest absolute Gasteiger partial charge is 0.233 e. The van der Waals surface area contributed by atoms with Crippen LogP contribution in [0.4, 0.5) is 0 Å². The molecule has 2 aliphatic heterocycles. The van der Waals surface area contributed by atoms with Gasteiger partial charge in [-0.3, -0.25) is 4.79 Å². The normalized spacial score (nSPS) is 29.0. The van der Waals surface area contributed by atoms with Crippen LogP contribution in [0, 0.1) is 0 Å². The fraction of sp³-hybridized carbons (Fsp3) is 0.611. The maximum atomic E-state index is 13.5. The second-order valence-corrected chi connectivity index (χ2v) is 7.97. The van der Waals surface area contributed by atoms with Gasteiger partial charge in [-0.15, -0.1) is 0 Å². The lowest BCUT2D eigenvalue weighted by Gasteiger charge is -2.45. The van der Waals surface area contributed by atoms with Gasteiger partial charge in [-0.25, -0.2) is 0 Å². The van der Waals surface area contributed by atoms with Crippen LogP contribution in [0.5, 0.6) is 0 Å². The van der Waals surface area contributed by atoms with E-state index < -0.39 is 0 Å². The van der Waals surface area contributed by atoms with Gasteiger partial charge >= 0.3 is 0 Å². The van der Waals surface area contributed by atoms with Crippen LogP contribution in [0.25, 0.3) is 0 Å². The Morgan fingerprint density at radius 2 is 1.91 bits per heavy atom. The third-order valence-electron chi connectivity index (χ3n) is 5.98. The Balaban J connectivity index is 1.68. The quantitative estimate of drug-likeness (QED) is 0.878. The average molecular weight is 353 g/mol. The van der Waals surface area contributed by atoms with Crippen molar-refractivity contribution in [2.75, 3.05) is 13.1 Å². The first-order valence-electron chi connectivity index (χ1n) is 8.61. The average Bonchev–Trinajstić information content (AvgIpc) is 2.74. The van der Waals surface area contributed by atoms with Gasteiger partial charge in [0.2, 0.25) is 5.91 Å². The van der Waals surface area contributed by atoms with Crippen LogP contribution in [0.2, 0.25) is 10.0 Å². The van der Waals surface area contributed by atoms with E-state index in [-0.39, 0.29) is 5.41 Å². The van der Waals surface area contributed by atoms with Gasteiger partial charge in [-0.05, 0) is 56.3 Å². The Morgan fingerprint density at radius 3 is 2.61 bits per heavy atom. The van der Waals surface area contributed by atoms with Gasteiger partial charge in [0.1, 0.15) is 0 Å². The number of carbonyl (C=O) groups is 1. The molecule has 2 bridgehead atoms. The van der Waals surface area contributed by atoms with E-state index in [2.05, 4.69) is 10.2 Å². The Kier molecular flexibility index (Phi) is 4.07. The molecule has 0 aromatic heterocycles. The van der Waals surface area contributed by atoms with Crippen molar-refractivity contribution in [3.05, 3.63) is 33.8 Å². The molecule has 4 rings (SSSR count). The second-order valence-electron chi connectivity index (χ2n) is 7.15. The van der Waals surface area contributed by atoms with Crippen molar-refractivity contribution in [1.29, 1.82) is 0 Å². The fourth-order valence-corrected chi connectivity index (χ4v) is 4.81. The van der Waals surface area contributed by atoms with Gasteiger partial charge < -0.3 is 10.2 Å². The maximum Gasteiger partial charge on any atom is 0.233 e.